The lowest BCUT2D eigenvalue weighted by molar-refractivity contribution is -0.706. The highest BCUT2D eigenvalue weighted by Gasteiger charge is 2.08. The van der Waals surface area contributed by atoms with E-state index in [0.717, 1.165) is 5.01 Å². The summed E-state index contributed by atoms with van der Waals surface area (Å²) in [6.45, 7) is 0.692. The zero-order chi connectivity index (χ0) is 12.6. The zero-order valence-corrected chi connectivity index (χ0v) is 8.95. The Morgan fingerprint density at radius 1 is 1.56 bits per heavy atom. The van der Waals surface area contributed by atoms with Crippen LogP contribution in [0, 0.1) is 5.21 Å². The largest absolute Gasteiger partial charge is 0.569 e. The third-order valence-electron chi connectivity index (χ3n) is 1.38. The first-order valence-electron chi connectivity index (χ1n) is 4.30. The number of rotatable bonds is 7. The molecule has 0 fully saturated rings. The van der Waals surface area contributed by atoms with E-state index in [0.29, 0.717) is 0 Å². The fourth-order valence-electron chi connectivity index (χ4n) is 0.588. The molecule has 0 aliphatic heterocycles. The summed E-state index contributed by atoms with van der Waals surface area (Å²) in [6, 6.07) is 0. The van der Waals surface area contributed by atoms with E-state index < -0.39 is 18.7 Å². The van der Waals surface area contributed by atoms with Crippen molar-refractivity contribution >= 4 is 11.9 Å². The maximum atomic E-state index is 11.0. The Kier molecular flexibility index (Phi) is 6.33. The van der Waals surface area contributed by atoms with Gasteiger partial charge >= 0.3 is 11.9 Å². The third kappa shape index (κ3) is 7.35. The maximum Gasteiger partial charge on any atom is 0.305 e. The van der Waals surface area contributed by atoms with Crippen LogP contribution in [0.5, 0.6) is 0 Å². The number of esters is 1. The van der Waals surface area contributed by atoms with E-state index in [9.17, 15) is 14.8 Å². The minimum Gasteiger partial charge on any atom is -0.569 e. The van der Waals surface area contributed by atoms with Gasteiger partial charge in [0, 0.05) is 6.92 Å². The molecule has 0 saturated heterocycles. The van der Waals surface area contributed by atoms with Crippen molar-refractivity contribution in [3.05, 3.63) is 5.21 Å². The molecule has 0 radical (unpaired) electrons. The Balaban J connectivity index is 3.82. The van der Waals surface area contributed by atoms with Crippen molar-refractivity contribution in [3.8, 4) is 0 Å². The summed E-state index contributed by atoms with van der Waals surface area (Å²) in [5.41, 5.74) is 0. The Hall–Kier alpha value is -2.06. The molecule has 0 aliphatic carbocycles. The minimum absolute atomic E-state index is 0.0146. The van der Waals surface area contributed by atoms with Crippen molar-refractivity contribution in [2.45, 2.75) is 13.3 Å². The number of carbonyl (C=O) groups is 2. The van der Waals surface area contributed by atoms with E-state index in [-0.39, 0.29) is 17.9 Å². The average Bonchev–Trinajstić information content (AvgIpc) is 2.20. The van der Waals surface area contributed by atoms with Crippen LogP contribution in [0.4, 0.5) is 0 Å². The molecule has 0 unspecified atom stereocenters. The lowest BCUT2D eigenvalue weighted by Crippen LogP contribution is -2.28. The van der Waals surface area contributed by atoms with Gasteiger partial charge in [-0.2, -0.15) is 0 Å². The van der Waals surface area contributed by atoms with E-state index in [1.54, 1.807) is 0 Å². The third-order valence-corrected chi connectivity index (χ3v) is 1.38. The van der Waals surface area contributed by atoms with Crippen LogP contribution in [0.15, 0.2) is 5.28 Å². The summed E-state index contributed by atoms with van der Waals surface area (Å²) in [5, 5.41) is 23.4. The van der Waals surface area contributed by atoms with E-state index in [1.165, 1.54) is 14.0 Å². The number of hydrogen-bond acceptors (Lipinski definition) is 6. The molecule has 0 aromatic carbocycles. The molecule has 0 rings (SSSR count). The first-order valence-corrected chi connectivity index (χ1v) is 4.30. The van der Waals surface area contributed by atoms with Crippen molar-refractivity contribution < 1.29 is 29.2 Å². The highest BCUT2D eigenvalue weighted by atomic mass is 16.8. The topological polar surface area (TPSA) is 114 Å². The normalized spacial score (nSPS) is 10.8. The van der Waals surface area contributed by atoms with Gasteiger partial charge in [-0.25, -0.2) is 0 Å². The van der Waals surface area contributed by atoms with E-state index in [4.69, 9.17) is 5.11 Å². The van der Waals surface area contributed by atoms with Crippen LogP contribution in [-0.2, 0) is 19.2 Å². The Labute approximate surface area is 91.4 Å². The molecule has 0 spiro atoms. The second kappa shape index (κ2) is 7.26. The highest BCUT2D eigenvalue weighted by molar-refractivity contribution is 5.66. The molecule has 1 N–H and O–H groups in total. The van der Waals surface area contributed by atoms with Gasteiger partial charge < -0.3 is 19.9 Å². The van der Waals surface area contributed by atoms with Crippen LogP contribution in [-0.4, -0.2) is 47.4 Å². The summed E-state index contributed by atoms with van der Waals surface area (Å²) >= 11 is 0. The number of aliphatic carboxylic acids is 1. The van der Waals surface area contributed by atoms with Crippen molar-refractivity contribution in [1.29, 1.82) is 0 Å². The molecule has 0 aliphatic rings. The first-order chi connectivity index (χ1) is 7.43. The molecule has 9 nitrogen and oxygen atoms in total. The standard InChI is InChI=1S/C7H13N3O6/c1-6(11)15-5-16-8-10(14)9(2)4-3-7(12)13/h3-5H2,1-2H3,(H,12,13)/b10-8+. The molecule has 0 saturated carbocycles. The Morgan fingerprint density at radius 2 is 2.19 bits per heavy atom. The van der Waals surface area contributed by atoms with E-state index >= 15 is 0 Å². The average molecular weight is 235 g/mol. The molecule has 16 heavy (non-hydrogen) atoms. The van der Waals surface area contributed by atoms with Crippen LogP contribution in [0.2, 0.25) is 0 Å². The van der Waals surface area contributed by atoms with Gasteiger partial charge in [0.15, 0.2) is 0 Å². The molecular weight excluding hydrogens is 222 g/mol. The van der Waals surface area contributed by atoms with Gasteiger partial charge in [-0.05, 0) is 0 Å². The van der Waals surface area contributed by atoms with Crippen LogP contribution in [0.25, 0.3) is 0 Å². The van der Waals surface area contributed by atoms with Crippen molar-refractivity contribution in [1.82, 2.24) is 5.01 Å². The molecule has 0 heterocycles. The number of carbonyl (C=O) groups excluding carboxylic acids is 1. The fraction of sp³-hybridized carbons (Fsp3) is 0.714. The Morgan fingerprint density at radius 3 is 2.69 bits per heavy atom. The molecule has 92 valence electrons. The number of nitrogens with zero attached hydrogens (tertiary/aromatic N) is 3. The molecule has 0 bridgehead atoms. The lowest BCUT2D eigenvalue weighted by Gasteiger charge is -2.10. The van der Waals surface area contributed by atoms with Gasteiger partial charge in [-0.15, -0.1) is 5.01 Å². The number of hydrogen-bond donors (Lipinski definition) is 1. The van der Waals surface area contributed by atoms with Gasteiger partial charge in [-0.3, -0.25) is 9.59 Å². The molecule has 0 atom stereocenters. The van der Waals surface area contributed by atoms with E-state index in [2.05, 4.69) is 14.9 Å². The first kappa shape index (κ1) is 13.9. The minimum atomic E-state index is -1.03. The monoisotopic (exact) mass is 235 g/mol. The molecule has 0 aromatic heterocycles. The number of carboxylic acids is 1. The molecule has 0 amide bonds. The van der Waals surface area contributed by atoms with Gasteiger partial charge in [0.1, 0.15) is 0 Å². The number of carboxylic acid groups (broad SMARTS) is 1. The van der Waals surface area contributed by atoms with Crippen LogP contribution in [0.1, 0.15) is 13.3 Å². The second-order valence-electron chi connectivity index (χ2n) is 2.74. The quantitative estimate of drug-likeness (QED) is 0.161. The number of ether oxygens (including phenoxy) is 1. The van der Waals surface area contributed by atoms with E-state index in [1.807, 2.05) is 0 Å². The van der Waals surface area contributed by atoms with Gasteiger partial charge in [0.25, 0.3) is 6.79 Å². The van der Waals surface area contributed by atoms with Crippen LogP contribution < -0.4 is 0 Å². The number of hydrazine groups is 1. The van der Waals surface area contributed by atoms with Crippen molar-refractivity contribution in [2.24, 2.45) is 5.28 Å². The molecule has 9 heteroatoms. The summed E-state index contributed by atoms with van der Waals surface area (Å²) in [7, 11) is 1.34. The predicted molar refractivity (Wildman–Crippen MR) is 48.7 cm³/mol. The summed E-state index contributed by atoms with van der Waals surface area (Å²) in [4.78, 5) is 24.9. The lowest BCUT2D eigenvalue weighted by atomic mass is 10.4. The summed E-state index contributed by atoms with van der Waals surface area (Å²) in [6.07, 6.45) is -0.200. The van der Waals surface area contributed by atoms with Crippen molar-refractivity contribution in [3.63, 3.8) is 0 Å². The zero-order valence-electron chi connectivity index (χ0n) is 8.95. The second-order valence-corrected chi connectivity index (χ2v) is 2.74. The van der Waals surface area contributed by atoms with Gasteiger partial charge in [0.2, 0.25) is 5.28 Å². The SMILES string of the molecule is CC(=O)OCO/N=[N+](/[O-])N(C)CCC(=O)O. The van der Waals surface area contributed by atoms with Crippen LogP contribution in [0.3, 0.4) is 0 Å². The maximum absolute atomic E-state index is 11.0. The smallest absolute Gasteiger partial charge is 0.305 e. The van der Waals surface area contributed by atoms with Gasteiger partial charge in [0.05, 0.1) is 25.0 Å². The van der Waals surface area contributed by atoms with Crippen LogP contribution >= 0.6 is 0 Å². The van der Waals surface area contributed by atoms with Gasteiger partial charge in [-0.1, -0.05) is 0 Å². The summed E-state index contributed by atoms with van der Waals surface area (Å²) < 4.78 is 4.34. The molecular formula is C7H13N3O6. The predicted octanol–water partition coefficient (Wildman–Crippen LogP) is -0.277. The van der Waals surface area contributed by atoms with Crippen molar-refractivity contribution in [2.75, 3.05) is 20.4 Å². The Bertz CT molecular complexity index is 279. The summed E-state index contributed by atoms with van der Waals surface area (Å²) in [5.74, 6) is -1.59. The molecule has 0 aromatic rings. The highest BCUT2D eigenvalue weighted by Crippen LogP contribution is 1.91. The fourth-order valence-corrected chi connectivity index (χ4v) is 0.588.